The van der Waals surface area contributed by atoms with Gasteiger partial charge in [-0.3, -0.25) is 9.89 Å². The first kappa shape index (κ1) is 11.3. The van der Waals surface area contributed by atoms with Crippen molar-refractivity contribution in [2.24, 2.45) is 0 Å². The normalized spacial score (nSPS) is 15.1. The SMILES string of the molecule is CCc1n[nH]c(=S)n1CCC(=O)NC1CC1. The number of carbonyl (C=O) groups is 1. The Labute approximate surface area is 99.2 Å². The van der Waals surface area contributed by atoms with Gasteiger partial charge in [0.05, 0.1) is 0 Å². The zero-order valence-electron chi connectivity index (χ0n) is 9.32. The second-order valence-corrected chi connectivity index (χ2v) is 4.43. The van der Waals surface area contributed by atoms with Crippen LogP contribution in [0.4, 0.5) is 0 Å². The van der Waals surface area contributed by atoms with E-state index in [1.54, 1.807) is 0 Å². The van der Waals surface area contributed by atoms with Gasteiger partial charge in [0.25, 0.3) is 0 Å². The molecule has 0 spiro atoms. The summed E-state index contributed by atoms with van der Waals surface area (Å²) in [7, 11) is 0. The molecule has 2 rings (SSSR count). The lowest BCUT2D eigenvalue weighted by Gasteiger charge is -2.05. The van der Waals surface area contributed by atoms with Crippen LogP contribution in [0.3, 0.4) is 0 Å². The van der Waals surface area contributed by atoms with Gasteiger partial charge in [0, 0.05) is 25.4 Å². The van der Waals surface area contributed by atoms with Crippen LogP contribution in [0.1, 0.15) is 32.0 Å². The quantitative estimate of drug-likeness (QED) is 0.759. The van der Waals surface area contributed by atoms with E-state index < -0.39 is 0 Å². The van der Waals surface area contributed by atoms with Gasteiger partial charge in [0.1, 0.15) is 5.82 Å². The third-order valence-corrected chi connectivity index (χ3v) is 2.97. The van der Waals surface area contributed by atoms with Gasteiger partial charge in [0.15, 0.2) is 4.77 Å². The molecule has 0 saturated heterocycles. The molecule has 0 radical (unpaired) electrons. The van der Waals surface area contributed by atoms with Crippen LogP contribution < -0.4 is 5.32 Å². The van der Waals surface area contributed by atoms with Gasteiger partial charge in [-0.1, -0.05) is 6.92 Å². The van der Waals surface area contributed by atoms with E-state index in [-0.39, 0.29) is 5.91 Å². The van der Waals surface area contributed by atoms with Crippen LogP contribution in [0.25, 0.3) is 0 Å². The van der Waals surface area contributed by atoms with E-state index in [0.717, 1.165) is 25.1 Å². The Hall–Kier alpha value is -1.17. The van der Waals surface area contributed by atoms with Crippen LogP contribution in [0.5, 0.6) is 0 Å². The summed E-state index contributed by atoms with van der Waals surface area (Å²) in [6, 6.07) is 0.426. The summed E-state index contributed by atoms with van der Waals surface area (Å²) in [5.74, 6) is 1.01. The fourth-order valence-electron chi connectivity index (χ4n) is 1.59. The largest absolute Gasteiger partial charge is 0.353 e. The van der Waals surface area contributed by atoms with Gasteiger partial charge in [-0.25, -0.2) is 0 Å². The molecule has 16 heavy (non-hydrogen) atoms. The van der Waals surface area contributed by atoms with E-state index >= 15 is 0 Å². The molecule has 0 atom stereocenters. The van der Waals surface area contributed by atoms with Crippen LogP contribution in [0.2, 0.25) is 0 Å². The number of aromatic nitrogens is 3. The minimum atomic E-state index is 0.104. The van der Waals surface area contributed by atoms with Crippen molar-refractivity contribution >= 4 is 18.1 Å². The molecule has 1 aromatic heterocycles. The minimum Gasteiger partial charge on any atom is -0.353 e. The summed E-state index contributed by atoms with van der Waals surface area (Å²) in [5.41, 5.74) is 0. The summed E-state index contributed by atoms with van der Waals surface area (Å²) in [4.78, 5) is 11.5. The van der Waals surface area contributed by atoms with Gasteiger partial charge in [0.2, 0.25) is 5.91 Å². The topological polar surface area (TPSA) is 62.7 Å². The Morgan fingerprint density at radius 2 is 2.44 bits per heavy atom. The molecule has 2 N–H and O–H groups in total. The van der Waals surface area contributed by atoms with Crippen LogP contribution in [0, 0.1) is 4.77 Å². The average Bonchev–Trinajstić information content (AvgIpc) is 2.99. The molecule has 0 unspecified atom stereocenters. The number of H-pyrrole nitrogens is 1. The van der Waals surface area contributed by atoms with E-state index in [4.69, 9.17) is 12.2 Å². The molecule has 6 heteroatoms. The Morgan fingerprint density at radius 3 is 3.06 bits per heavy atom. The monoisotopic (exact) mass is 240 g/mol. The highest BCUT2D eigenvalue weighted by atomic mass is 32.1. The molecule has 1 aromatic rings. The maximum atomic E-state index is 11.5. The highest BCUT2D eigenvalue weighted by molar-refractivity contribution is 7.71. The minimum absolute atomic E-state index is 0.104. The number of rotatable bonds is 5. The second-order valence-electron chi connectivity index (χ2n) is 4.04. The first-order valence-corrected chi connectivity index (χ1v) is 6.05. The lowest BCUT2D eigenvalue weighted by atomic mass is 10.3. The zero-order valence-corrected chi connectivity index (χ0v) is 10.1. The van der Waals surface area contributed by atoms with Gasteiger partial charge in [-0.05, 0) is 25.1 Å². The Morgan fingerprint density at radius 1 is 1.69 bits per heavy atom. The number of hydrogen-bond donors (Lipinski definition) is 2. The zero-order chi connectivity index (χ0) is 11.5. The highest BCUT2D eigenvalue weighted by Crippen LogP contribution is 2.18. The first-order valence-electron chi connectivity index (χ1n) is 5.64. The predicted molar refractivity (Wildman–Crippen MR) is 62.6 cm³/mol. The number of hydrogen-bond acceptors (Lipinski definition) is 3. The van der Waals surface area contributed by atoms with Crippen molar-refractivity contribution in [2.45, 2.75) is 45.2 Å². The van der Waals surface area contributed by atoms with Crippen molar-refractivity contribution < 1.29 is 4.79 Å². The molecule has 1 saturated carbocycles. The lowest BCUT2D eigenvalue weighted by molar-refractivity contribution is -0.121. The Bertz CT molecular complexity index is 432. The van der Waals surface area contributed by atoms with E-state index in [1.165, 1.54) is 0 Å². The standard InChI is InChI=1S/C10H16N4OS/c1-2-8-12-13-10(16)14(8)6-5-9(15)11-7-3-4-7/h7H,2-6H2,1H3,(H,11,15)(H,13,16). The van der Waals surface area contributed by atoms with Crippen molar-refractivity contribution in [1.29, 1.82) is 0 Å². The fraction of sp³-hybridized carbons (Fsp3) is 0.700. The Kier molecular flexibility index (Phi) is 3.38. The van der Waals surface area contributed by atoms with Crippen molar-refractivity contribution in [3.8, 4) is 0 Å². The summed E-state index contributed by atoms with van der Waals surface area (Å²) in [6.45, 7) is 2.63. The van der Waals surface area contributed by atoms with Crippen molar-refractivity contribution in [3.63, 3.8) is 0 Å². The van der Waals surface area contributed by atoms with Crippen molar-refractivity contribution in [2.75, 3.05) is 0 Å². The molecule has 0 aliphatic heterocycles. The molecule has 1 aliphatic carbocycles. The number of aromatic amines is 1. The third kappa shape index (κ3) is 2.69. The number of nitrogens with zero attached hydrogens (tertiary/aromatic N) is 2. The molecular weight excluding hydrogens is 224 g/mol. The van der Waals surface area contributed by atoms with Crippen molar-refractivity contribution in [1.82, 2.24) is 20.1 Å². The first-order chi connectivity index (χ1) is 7.70. The molecule has 1 aliphatic rings. The molecule has 0 bridgehead atoms. The number of amides is 1. The smallest absolute Gasteiger partial charge is 0.222 e. The number of carbonyl (C=O) groups excluding carboxylic acids is 1. The number of aryl methyl sites for hydroxylation is 1. The lowest BCUT2D eigenvalue weighted by Crippen LogP contribution is -2.26. The maximum Gasteiger partial charge on any atom is 0.222 e. The van der Waals surface area contributed by atoms with E-state index in [2.05, 4.69) is 15.5 Å². The molecule has 88 valence electrons. The molecular formula is C10H16N4OS. The average molecular weight is 240 g/mol. The molecule has 5 nitrogen and oxygen atoms in total. The summed E-state index contributed by atoms with van der Waals surface area (Å²) < 4.78 is 2.48. The fourth-order valence-corrected chi connectivity index (χ4v) is 1.83. The van der Waals surface area contributed by atoms with Crippen LogP contribution >= 0.6 is 12.2 Å². The van der Waals surface area contributed by atoms with E-state index in [0.29, 0.717) is 23.8 Å². The van der Waals surface area contributed by atoms with Gasteiger partial charge < -0.3 is 9.88 Å². The molecule has 1 heterocycles. The van der Waals surface area contributed by atoms with Crippen LogP contribution in [-0.4, -0.2) is 26.7 Å². The third-order valence-electron chi connectivity index (χ3n) is 2.66. The molecule has 0 aromatic carbocycles. The van der Waals surface area contributed by atoms with Gasteiger partial charge >= 0.3 is 0 Å². The maximum absolute atomic E-state index is 11.5. The highest BCUT2D eigenvalue weighted by Gasteiger charge is 2.22. The molecule has 1 amide bonds. The predicted octanol–water partition coefficient (Wildman–Crippen LogP) is 1.17. The van der Waals surface area contributed by atoms with Gasteiger partial charge in [-0.15, -0.1) is 0 Å². The summed E-state index contributed by atoms with van der Waals surface area (Å²) >= 11 is 5.10. The van der Waals surface area contributed by atoms with Crippen LogP contribution in [0.15, 0.2) is 0 Å². The summed E-state index contributed by atoms with van der Waals surface area (Å²) in [5, 5.41) is 9.80. The van der Waals surface area contributed by atoms with Crippen LogP contribution in [-0.2, 0) is 17.8 Å². The van der Waals surface area contributed by atoms with Crippen molar-refractivity contribution in [3.05, 3.63) is 10.6 Å². The number of nitrogens with one attached hydrogen (secondary N) is 2. The van der Waals surface area contributed by atoms with E-state index in [9.17, 15) is 4.79 Å². The Balaban J connectivity index is 1.90. The second kappa shape index (κ2) is 4.78. The van der Waals surface area contributed by atoms with Gasteiger partial charge in [-0.2, -0.15) is 5.10 Å². The van der Waals surface area contributed by atoms with E-state index in [1.807, 2.05) is 11.5 Å². The summed E-state index contributed by atoms with van der Waals surface area (Å²) in [6.07, 6.45) is 3.53. The molecule has 1 fully saturated rings.